The van der Waals surface area contributed by atoms with Crippen LogP contribution in [0.25, 0.3) is 0 Å². The maximum atomic E-state index is 12.7. The minimum atomic E-state index is -0.618. The molecule has 1 aromatic carbocycles. The number of morpholine rings is 1. The highest BCUT2D eigenvalue weighted by Crippen LogP contribution is 2.18. The Bertz CT molecular complexity index is 744. The lowest BCUT2D eigenvalue weighted by Crippen LogP contribution is -2.41. The van der Waals surface area contributed by atoms with Crippen molar-refractivity contribution in [1.29, 1.82) is 0 Å². The number of hydrogen-bond donors (Lipinski definition) is 2. The molecular formula is C18H21N3O5S. The summed E-state index contributed by atoms with van der Waals surface area (Å²) in [6.45, 7) is 3.93. The molecule has 8 nitrogen and oxygen atoms in total. The lowest BCUT2D eigenvalue weighted by Gasteiger charge is -2.27. The van der Waals surface area contributed by atoms with E-state index < -0.39 is 11.9 Å². The third-order valence-corrected chi connectivity index (χ3v) is 3.80. The number of thiocarbonyl (C=S) groups is 1. The first-order chi connectivity index (χ1) is 13.0. The Labute approximate surface area is 162 Å². The van der Waals surface area contributed by atoms with E-state index in [0.717, 1.165) is 12.2 Å². The van der Waals surface area contributed by atoms with E-state index in [4.69, 9.17) is 17.0 Å². The van der Waals surface area contributed by atoms with Crippen molar-refractivity contribution < 1.29 is 23.9 Å². The number of amides is 2. The third kappa shape index (κ3) is 6.46. The molecule has 1 aromatic rings. The second kappa shape index (κ2) is 10.4. The molecule has 2 N–H and O–H groups in total. The van der Waals surface area contributed by atoms with Gasteiger partial charge in [0.1, 0.15) is 0 Å². The Kier molecular flexibility index (Phi) is 7.90. The number of carbonyl (C=O) groups excluding carboxylic acids is 3. The molecule has 0 bridgehead atoms. The van der Waals surface area contributed by atoms with Crippen LogP contribution in [0.5, 0.6) is 0 Å². The summed E-state index contributed by atoms with van der Waals surface area (Å²) in [6, 6.07) is 6.89. The molecule has 2 rings (SSSR count). The number of rotatable bonds is 5. The number of hydrogen-bond acceptors (Lipinski definition) is 6. The summed E-state index contributed by atoms with van der Waals surface area (Å²) in [5, 5.41) is 5.27. The molecule has 0 aliphatic carbocycles. The fourth-order valence-corrected chi connectivity index (χ4v) is 2.57. The van der Waals surface area contributed by atoms with Gasteiger partial charge in [0.2, 0.25) is 5.91 Å². The zero-order valence-corrected chi connectivity index (χ0v) is 15.7. The van der Waals surface area contributed by atoms with E-state index in [9.17, 15) is 14.4 Å². The number of para-hydroxylation sites is 1. The predicted octanol–water partition coefficient (Wildman–Crippen LogP) is 1.09. The number of benzene rings is 1. The van der Waals surface area contributed by atoms with E-state index in [-0.39, 0.29) is 17.6 Å². The van der Waals surface area contributed by atoms with Gasteiger partial charge >= 0.3 is 5.97 Å². The number of carbonyl (C=O) groups is 3. The van der Waals surface area contributed by atoms with E-state index in [1.54, 1.807) is 36.1 Å². The lowest BCUT2D eigenvalue weighted by molar-refractivity contribution is -0.137. The maximum absolute atomic E-state index is 12.7. The minimum Gasteiger partial charge on any atom is -0.463 e. The van der Waals surface area contributed by atoms with E-state index in [0.29, 0.717) is 37.6 Å². The maximum Gasteiger partial charge on any atom is 0.330 e. The van der Waals surface area contributed by atoms with Gasteiger partial charge in [-0.2, -0.15) is 0 Å². The van der Waals surface area contributed by atoms with Gasteiger partial charge < -0.3 is 19.7 Å². The number of nitrogens with zero attached hydrogens (tertiary/aromatic N) is 1. The summed E-state index contributed by atoms with van der Waals surface area (Å²) in [7, 11) is 0. The molecular weight excluding hydrogens is 370 g/mol. The van der Waals surface area contributed by atoms with Crippen molar-refractivity contribution in [1.82, 2.24) is 10.2 Å². The van der Waals surface area contributed by atoms with Gasteiger partial charge in [-0.25, -0.2) is 4.79 Å². The van der Waals surface area contributed by atoms with Gasteiger partial charge in [0.25, 0.3) is 5.91 Å². The van der Waals surface area contributed by atoms with Gasteiger partial charge in [-0.15, -0.1) is 0 Å². The smallest absolute Gasteiger partial charge is 0.330 e. The molecule has 9 heteroatoms. The highest BCUT2D eigenvalue weighted by Gasteiger charge is 2.21. The fourth-order valence-electron chi connectivity index (χ4n) is 2.36. The molecule has 0 aromatic heterocycles. The summed E-state index contributed by atoms with van der Waals surface area (Å²) in [6.07, 6.45) is 2.04. The molecule has 27 heavy (non-hydrogen) atoms. The Morgan fingerprint density at radius 3 is 2.63 bits per heavy atom. The van der Waals surface area contributed by atoms with Crippen LogP contribution in [0.3, 0.4) is 0 Å². The summed E-state index contributed by atoms with van der Waals surface area (Å²) in [5.74, 6) is -1.34. The molecule has 1 heterocycles. The molecule has 1 aliphatic rings. The zero-order valence-electron chi connectivity index (χ0n) is 14.9. The standard InChI is InChI=1S/C18H21N3O5S/c1-2-26-16(23)8-7-15(22)20-18(27)19-14-6-4-3-5-13(14)17(24)21-9-11-25-12-10-21/h3-8H,2,9-12H2,1H3,(H2,19,20,22,27)/b8-7+. The Hall–Kier alpha value is -2.78. The van der Waals surface area contributed by atoms with Gasteiger partial charge in [0, 0.05) is 25.2 Å². The summed E-state index contributed by atoms with van der Waals surface area (Å²) >= 11 is 5.11. The van der Waals surface area contributed by atoms with Gasteiger partial charge in [-0.1, -0.05) is 12.1 Å². The average Bonchev–Trinajstić information content (AvgIpc) is 2.67. The second-order valence-corrected chi connectivity index (χ2v) is 5.89. The van der Waals surface area contributed by atoms with Gasteiger partial charge in [0.15, 0.2) is 5.11 Å². The highest BCUT2D eigenvalue weighted by molar-refractivity contribution is 7.80. The quantitative estimate of drug-likeness (QED) is 0.441. The van der Waals surface area contributed by atoms with Gasteiger partial charge in [0.05, 0.1) is 31.1 Å². The van der Waals surface area contributed by atoms with Crippen LogP contribution in [0.1, 0.15) is 17.3 Å². The van der Waals surface area contributed by atoms with Crippen molar-refractivity contribution >= 4 is 40.8 Å². The SMILES string of the molecule is CCOC(=O)/C=C/C(=O)NC(=S)Nc1ccccc1C(=O)N1CCOCC1. The molecule has 0 atom stereocenters. The Balaban J connectivity index is 1.98. The van der Waals surface area contributed by atoms with Crippen molar-refractivity contribution in [2.45, 2.75) is 6.92 Å². The van der Waals surface area contributed by atoms with Crippen LogP contribution in [-0.2, 0) is 19.1 Å². The molecule has 2 amide bonds. The van der Waals surface area contributed by atoms with E-state index in [1.807, 2.05) is 0 Å². The summed E-state index contributed by atoms with van der Waals surface area (Å²) in [4.78, 5) is 37.4. The van der Waals surface area contributed by atoms with Crippen molar-refractivity contribution in [3.05, 3.63) is 42.0 Å². The zero-order chi connectivity index (χ0) is 19.6. The summed E-state index contributed by atoms with van der Waals surface area (Å²) < 4.78 is 9.95. The number of esters is 1. The summed E-state index contributed by atoms with van der Waals surface area (Å²) in [5.41, 5.74) is 0.923. The van der Waals surface area contributed by atoms with Crippen LogP contribution in [0.2, 0.25) is 0 Å². The minimum absolute atomic E-state index is 0.00994. The van der Waals surface area contributed by atoms with Crippen LogP contribution >= 0.6 is 12.2 Å². The van der Waals surface area contributed by atoms with Crippen molar-refractivity contribution in [3.63, 3.8) is 0 Å². The highest BCUT2D eigenvalue weighted by atomic mass is 32.1. The average molecular weight is 391 g/mol. The van der Waals surface area contributed by atoms with Crippen molar-refractivity contribution in [3.8, 4) is 0 Å². The van der Waals surface area contributed by atoms with Crippen LogP contribution in [0.15, 0.2) is 36.4 Å². The van der Waals surface area contributed by atoms with Crippen molar-refractivity contribution in [2.75, 3.05) is 38.2 Å². The first-order valence-corrected chi connectivity index (χ1v) is 8.85. The van der Waals surface area contributed by atoms with Crippen LogP contribution in [0, 0.1) is 0 Å². The van der Waals surface area contributed by atoms with E-state index in [1.165, 1.54) is 0 Å². The van der Waals surface area contributed by atoms with E-state index in [2.05, 4.69) is 15.4 Å². The third-order valence-electron chi connectivity index (χ3n) is 3.60. The first-order valence-electron chi connectivity index (χ1n) is 8.44. The molecule has 0 unspecified atom stereocenters. The second-order valence-electron chi connectivity index (χ2n) is 5.48. The van der Waals surface area contributed by atoms with Crippen LogP contribution in [-0.4, -0.2) is 60.7 Å². The van der Waals surface area contributed by atoms with Crippen LogP contribution < -0.4 is 10.6 Å². The lowest BCUT2D eigenvalue weighted by atomic mass is 10.1. The molecule has 1 aliphatic heterocycles. The number of anilines is 1. The normalized spacial score (nSPS) is 13.9. The first kappa shape index (κ1) is 20.5. The molecule has 1 saturated heterocycles. The van der Waals surface area contributed by atoms with Crippen molar-refractivity contribution in [2.24, 2.45) is 0 Å². The Morgan fingerprint density at radius 2 is 1.93 bits per heavy atom. The predicted molar refractivity (Wildman–Crippen MR) is 103 cm³/mol. The molecule has 0 spiro atoms. The van der Waals surface area contributed by atoms with E-state index >= 15 is 0 Å². The molecule has 0 radical (unpaired) electrons. The molecule has 1 fully saturated rings. The number of nitrogens with one attached hydrogen (secondary N) is 2. The molecule has 144 valence electrons. The largest absolute Gasteiger partial charge is 0.463 e. The Morgan fingerprint density at radius 1 is 1.22 bits per heavy atom. The van der Waals surface area contributed by atoms with Gasteiger partial charge in [-0.3, -0.25) is 14.9 Å². The topological polar surface area (TPSA) is 97.0 Å². The van der Waals surface area contributed by atoms with Gasteiger partial charge in [-0.05, 0) is 31.3 Å². The number of ether oxygens (including phenoxy) is 2. The molecule has 0 saturated carbocycles. The van der Waals surface area contributed by atoms with Crippen LogP contribution in [0.4, 0.5) is 5.69 Å². The fraction of sp³-hybridized carbons (Fsp3) is 0.333. The monoisotopic (exact) mass is 391 g/mol.